The lowest BCUT2D eigenvalue weighted by atomic mass is 9.98. The number of nitrogens with one attached hydrogen (secondary N) is 2. The van der Waals surface area contributed by atoms with Gasteiger partial charge in [-0.2, -0.15) is 5.10 Å². The molecule has 1 aliphatic rings. The Labute approximate surface area is 180 Å². The van der Waals surface area contributed by atoms with Crippen LogP contribution in [0, 0.1) is 5.82 Å². The monoisotopic (exact) mass is 414 g/mol. The number of rotatable bonds is 7. The van der Waals surface area contributed by atoms with Gasteiger partial charge >= 0.3 is 0 Å². The van der Waals surface area contributed by atoms with E-state index in [1.54, 1.807) is 24.4 Å². The SMILES string of the molecule is CCCn1nc(-c2ccc(F)cc2)c(C2=CC(=C=O)NC=C2)c1NCc1ccccc1. The van der Waals surface area contributed by atoms with Crippen molar-refractivity contribution in [2.75, 3.05) is 5.32 Å². The van der Waals surface area contributed by atoms with Crippen molar-refractivity contribution in [2.24, 2.45) is 0 Å². The molecular formula is C25H23FN4O. The fraction of sp³-hybridized carbons (Fsp3) is 0.160. The van der Waals surface area contributed by atoms with Crippen LogP contribution < -0.4 is 10.6 Å². The number of anilines is 1. The Hall–Kier alpha value is -3.89. The summed E-state index contributed by atoms with van der Waals surface area (Å²) in [6.45, 7) is 3.44. The van der Waals surface area contributed by atoms with Crippen LogP contribution in [-0.2, 0) is 17.9 Å². The fourth-order valence-corrected chi connectivity index (χ4v) is 3.56. The topological polar surface area (TPSA) is 59.0 Å². The van der Waals surface area contributed by atoms with Crippen molar-refractivity contribution in [3.63, 3.8) is 0 Å². The standard InChI is InChI=1S/C25H23FN4O/c1-2-14-30-25(28-16-18-6-4-3-5-7-18)23(20-12-13-27-22(15-20)17-31)24(29-30)19-8-10-21(26)11-9-19/h3-13,15,27-28H,2,14,16H2,1H3. The Kier molecular flexibility index (Phi) is 6.11. The average molecular weight is 414 g/mol. The Bertz CT molecular complexity index is 1170. The first kappa shape index (κ1) is 20.4. The first-order valence-electron chi connectivity index (χ1n) is 10.2. The van der Waals surface area contributed by atoms with Gasteiger partial charge in [0.25, 0.3) is 0 Å². The maximum Gasteiger partial charge on any atom is 0.150 e. The molecule has 156 valence electrons. The zero-order chi connectivity index (χ0) is 21.6. The normalized spacial score (nSPS) is 12.8. The van der Waals surface area contributed by atoms with Gasteiger partial charge in [-0.05, 0) is 54.0 Å². The molecule has 0 amide bonds. The van der Waals surface area contributed by atoms with Gasteiger partial charge < -0.3 is 10.6 Å². The highest BCUT2D eigenvalue weighted by molar-refractivity contribution is 5.92. The minimum absolute atomic E-state index is 0.298. The highest BCUT2D eigenvalue weighted by atomic mass is 19.1. The molecule has 5 nitrogen and oxygen atoms in total. The molecule has 3 aromatic rings. The summed E-state index contributed by atoms with van der Waals surface area (Å²) in [5.74, 6) is 2.47. The zero-order valence-electron chi connectivity index (χ0n) is 17.2. The van der Waals surface area contributed by atoms with E-state index in [4.69, 9.17) is 5.10 Å². The van der Waals surface area contributed by atoms with Crippen LogP contribution in [0.15, 0.2) is 78.6 Å². The van der Waals surface area contributed by atoms with Crippen LogP contribution in [0.3, 0.4) is 0 Å². The van der Waals surface area contributed by atoms with Gasteiger partial charge in [0.2, 0.25) is 0 Å². The molecule has 2 heterocycles. The summed E-state index contributed by atoms with van der Waals surface area (Å²) in [7, 11) is 0. The lowest BCUT2D eigenvalue weighted by Gasteiger charge is -2.15. The van der Waals surface area contributed by atoms with Crippen LogP contribution in [0.4, 0.5) is 10.2 Å². The van der Waals surface area contributed by atoms with Crippen molar-refractivity contribution in [2.45, 2.75) is 26.4 Å². The Morgan fingerprint density at radius 1 is 1.13 bits per heavy atom. The van der Waals surface area contributed by atoms with Crippen molar-refractivity contribution < 1.29 is 9.18 Å². The summed E-state index contributed by atoms with van der Waals surface area (Å²) in [5, 5.41) is 11.3. The Morgan fingerprint density at radius 3 is 2.61 bits per heavy atom. The number of benzene rings is 2. The first-order valence-corrected chi connectivity index (χ1v) is 10.2. The molecule has 2 aromatic carbocycles. The zero-order valence-corrected chi connectivity index (χ0v) is 17.2. The number of hydrogen-bond donors (Lipinski definition) is 2. The molecule has 31 heavy (non-hydrogen) atoms. The third-order valence-electron chi connectivity index (χ3n) is 5.01. The van der Waals surface area contributed by atoms with Gasteiger partial charge in [-0.3, -0.25) is 0 Å². The summed E-state index contributed by atoms with van der Waals surface area (Å²) in [4.78, 5) is 11.3. The second-order valence-electron chi connectivity index (χ2n) is 7.23. The average Bonchev–Trinajstić information content (AvgIpc) is 3.17. The van der Waals surface area contributed by atoms with Gasteiger partial charge in [0.1, 0.15) is 23.0 Å². The predicted molar refractivity (Wildman–Crippen MR) is 121 cm³/mol. The van der Waals surface area contributed by atoms with Gasteiger partial charge in [0, 0.05) is 24.9 Å². The summed E-state index contributed by atoms with van der Waals surface area (Å²) in [6.07, 6.45) is 6.26. The largest absolute Gasteiger partial charge is 0.366 e. The molecule has 1 aromatic heterocycles. The number of dihydropyridines is 1. The lowest BCUT2D eigenvalue weighted by molar-refractivity contribution is 0.566. The summed E-state index contributed by atoms with van der Waals surface area (Å²) in [5.41, 5.74) is 4.71. The number of allylic oxidation sites excluding steroid dienone is 3. The number of halogens is 1. The number of carbonyl (C=O) groups excluding carboxylic acids is 1. The minimum atomic E-state index is -0.298. The van der Waals surface area contributed by atoms with Gasteiger partial charge in [-0.15, -0.1) is 0 Å². The van der Waals surface area contributed by atoms with Gasteiger partial charge in [-0.25, -0.2) is 13.9 Å². The number of aromatic nitrogens is 2. The van der Waals surface area contributed by atoms with Crippen LogP contribution in [0.25, 0.3) is 16.8 Å². The quantitative estimate of drug-likeness (QED) is 0.539. The Balaban J connectivity index is 1.86. The van der Waals surface area contributed by atoms with Crippen LogP contribution in [-0.4, -0.2) is 15.7 Å². The maximum absolute atomic E-state index is 13.6. The van der Waals surface area contributed by atoms with Crippen molar-refractivity contribution in [3.05, 3.63) is 95.6 Å². The third kappa shape index (κ3) is 4.49. The van der Waals surface area contributed by atoms with E-state index in [2.05, 4.69) is 29.7 Å². The number of hydrogen-bond acceptors (Lipinski definition) is 4. The van der Waals surface area contributed by atoms with E-state index in [0.29, 0.717) is 12.2 Å². The second kappa shape index (κ2) is 9.28. The molecule has 0 fully saturated rings. The predicted octanol–water partition coefficient (Wildman–Crippen LogP) is 4.93. The number of nitrogens with zero attached hydrogens (tertiary/aromatic N) is 2. The molecule has 0 spiro atoms. The second-order valence-corrected chi connectivity index (χ2v) is 7.23. The van der Waals surface area contributed by atoms with Crippen molar-refractivity contribution >= 4 is 17.3 Å². The fourth-order valence-electron chi connectivity index (χ4n) is 3.56. The molecule has 0 saturated heterocycles. The van der Waals surface area contributed by atoms with Crippen LogP contribution in [0.5, 0.6) is 0 Å². The van der Waals surface area contributed by atoms with E-state index in [0.717, 1.165) is 46.7 Å². The van der Waals surface area contributed by atoms with Crippen LogP contribution >= 0.6 is 0 Å². The van der Waals surface area contributed by atoms with E-state index in [1.165, 1.54) is 12.1 Å². The molecule has 0 radical (unpaired) electrons. The van der Waals surface area contributed by atoms with Crippen molar-refractivity contribution in [1.82, 2.24) is 15.1 Å². The molecule has 0 aliphatic carbocycles. The van der Waals surface area contributed by atoms with Gasteiger partial charge in [0.05, 0.1) is 5.56 Å². The highest BCUT2D eigenvalue weighted by Gasteiger charge is 2.22. The van der Waals surface area contributed by atoms with E-state index in [1.807, 2.05) is 34.9 Å². The third-order valence-corrected chi connectivity index (χ3v) is 5.01. The van der Waals surface area contributed by atoms with E-state index >= 15 is 0 Å². The maximum atomic E-state index is 13.6. The first-order chi connectivity index (χ1) is 15.2. The molecule has 0 unspecified atom stereocenters. The molecule has 0 bridgehead atoms. The Morgan fingerprint density at radius 2 is 1.90 bits per heavy atom. The highest BCUT2D eigenvalue weighted by Crippen LogP contribution is 2.37. The van der Waals surface area contributed by atoms with Gasteiger partial charge in [0.15, 0.2) is 5.94 Å². The molecule has 1 aliphatic heterocycles. The summed E-state index contributed by atoms with van der Waals surface area (Å²) in [6, 6.07) is 16.4. The lowest BCUT2D eigenvalue weighted by Crippen LogP contribution is -2.11. The van der Waals surface area contributed by atoms with E-state index in [-0.39, 0.29) is 5.82 Å². The summed E-state index contributed by atoms with van der Waals surface area (Å²) >= 11 is 0. The molecule has 2 N–H and O–H groups in total. The number of aryl methyl sites for hydroxylation is 1. The van der Waals surface area contributed by atoms with E-state index < -0.39 is 0 Å². The smallest absolute Gasteiger partial charge is 0.150 e. The van der Waals surface area contributed by atoms with E-state index in [9.17, 15) is 9.18 Å². The van der Waals surface area contributed by atoms with Crippen LogP contribution in [0.1, 0.15) is 24.5 Å². The van der Waals surface area contributed by atoms with Crippen molar-refractivity contribution in [1.29, 1.82) is 0 Å². The molecular weight excluding hydrogens is 391 g/mol. The van der Waals surface area contributed by atoms with Gasteiger partial charge in [-0.1, -0.05) is 37.3 Å². The molecule has 0 atom stereocenters. The molecule has 6 heteroatoms. The molecule has 0 saturated carbocycles. The minimum Gasteiger partial charge on any atom is -0.366 e. The van der Waals surface area contributed by atoms with Crippen molar-refractivity contribution in [3.8, 4) is 11.3 Å². The summed E-state index contributed by atoms with van der Waals surface area (Å²) < 4.78 is 15.5. The van der Waals surface area contributed by atoms with Crippen LogP contribution in [0.2, 0.25) is 0 Å². The molecule has 4 rings (SSSR count).